The third-order valence-corrected chi connectivity index (χ3v) is 6.87. The minimum Gasteiger partial charge on any atom is -0.366 e. The monoisotopic (exact) mass is 479 g/mol. The Morgan fingerprint density at radius 2 is 1.86 bits per heavy atom. The van der Waals surface area contributed by atoms with Crippen LogP contribution in [0.25, 0.3) is 22.3 Å². The summed E-state index contributed by atoms with van der Waals surface area (Å²) in [5.74, 6) is -0.0663. The van der Waals surface area contributed by atoms with E-state index in [1.54, 1.807) is 6.20 Å². The lowest BCUT2D eigenvalue weighted by Crippen LogP contribution is -2.52. The van der Waals surface area contributed by atoms with Crippen molar-refractivity contribution in [3.05, 3.63) is 90.1 Å². The van der Waals surface area contributed by atoms with Crippen molar-refractivity contribution < 1.29 is 4.79 Å². The maximum atomic E-state index is 13.2. The smallest absolute Gasteiger partial charge is 0.252 e. The molecule has 1 fully saturated rings. The van der Waals surface area contributed by atoms with Crippen molar-refractivity contribution in [2.75, 3.05) is 37.6 Å². The van der Waals surface area contributed by atoms with Crippen molar-refractivity contribution in [2.24, 2.45) is 0 Å². The number of fused-ring (bicyclic) bond motifs is 1. The third kappa shape index (κ3) is 5.39. The molecule has 1 unspecified atom stereocenters. The van der Waals surface area contributed by atoms with Gasteiger partial charge in [-0.05, 0) is 68.8 Å². The number of carbonyl (C=O) groups is 1. The van der Waals surface area contributed by atoms with Crippen molar-refractivity contribution in [3.63, 3.8) is 0 Å². The fourth-order valence-corrected chi connectivity index (χ4v) is 5.03. The molecule has 6 nitrogen and oxygen atoms in total. The van der Waals surface area contributed by atoms with E-state index in [-0.39, 0.29) is 5.91 Å². The Balaban J connectivity index is 1.18. The average molecular weight is 480 g/mol. The maximum absolute atomic E-state index is 13.2. The van der Waals surface area contributed by atoms with Gasteiger partial charge in [-0.25, -0.2) is 4.98 Å². The molecular formula is C30H33N5O. The second-order valence-corrected chi connectivity index (χ2v) is 9.58. The Bertz CT molecular complexity index is 1340. The molecule has 5 rings (SSSR count). The zero-order chi connectivity index (χ0) is 24.9. The first-order valence-electron chi connectivity index (χ1n) is 12.7. The summed E-state index contributed by atoms with van der Waals surface area (Å²) in [7, 11) is 0. The van der Waals surface area contributed by atoms with E-state index < -0.39 is 0 Å². The second kappa shape index (κ2) is 10.9. The molecule has 0 radical (unpaired) electrons. The van der Waals surface area contributed by atoms with Crippen LogP contribution in [0.2, 0.25) is 0 Å². The number of aryl methyl sites for hydroxylation is 1. The molecule has 3 heterocycles. The number of rotatable bonds is 7. The predicted octanol–water partition coefficient (Wildman–Crippen LogP) is 4.94. The Morgan fingerprint density at radius 1 is 1.00 bits per heavy atom. The molecule has 0 spiro atoms. The van der Waals surface area contributed by atoms with E-state index in [1.807, 2.05) is 48.5 Å². The largest absolute Gasteiger partial charge is 0.366 e. The molecule has 2 aromatic carbocycles. The van der Waals surface area contributed by atoms with Crippen LogP contribution in [0.5, 0.6) is 0 Å². The topological polar surface area (TPSA) is 61.4 Å². The normalized spacial score (nSPS) is 16.3. The van der Waals surface area contributed by atoms with Crippen LogP contribution < -0.4 is 10.2 Å². The van der Waals surface area contributed by atoms with Crippen LogP contribution in [0.3, 0.4) is 0 Å². The molecule has 4 aromatic rings. The van der Waals surface area contributed by atoms with Gasteiger partial charge in [0, 0.05) is 49.5 Å². The molecule has 1 amide bonds. The molecule has 1 saturated heterocycles. The number of amides is 1. The van der Waals surface area contributed by atoms with Gasteiger partial charge in [-0.15, -0.1) is 0 Å². The van der Waals surface area contributed by atoms with Gasteiger partial charge < -0.3 is 10.2 Å². The lowest BCUT2D eigenvalue weighted by molar-refractivity contribution is 0.0952. The zero-order valence-corrected chi connectivity index (χ0v) is 21.0. The van der Waals surface area contributed by atoms with Crippen LogP contribution in [-0.2, 0) is 0 Å². The van der Waals surface area contributed by atoms with Gasteiger partial charge in [0.2, 0.25) is 0 Å². The number of hydrogen-bond acceptors (Lipinski definition) is 5. The molecule has 1 aliphatic heterocycles. The van der Waals surface area contributed by atoms with Crippen molar-refractivity contribution >= 4 is 22.5 Å². The van der Waals surface area contributed by atoms with E-state index in [2.05, 4.69) is 58.2 Å². The Hall–Kier alpha value is -3.77. The number of pyridine rings is 2. The van der Waals surface area contributed by atoms with Gasteiger partial charge in [0.25, 0.3) is 5.91 Å². The molecule has 0 bridgehead atoms. The number of benzene rings is 2. The van der Waals surface area contributed by atoms with E-state index in [0.29, 0.717) is 23.8 Å². The fraction of sp³-hybridized carbons (Fsp3) is 0.300. The summed E-state index contributed by atoms with van der Waals surface area (Å²) < 4.78 is 0. The first-order valence-corrected chi connectivity index (χ1v) is 12.7. The molecule has 2 aromatic heterocycles. The van der Waals surface area contributed by atoms with E-state index in [9.17, 15) is 4.79 Å². The van der Waals surface area contributed by atoms with E-state index in [1.165, 1.54) is 11.3 Å². The Kier molecular flexibility index (Phi) is 7.23. The quantitative estimate of drug-likeness (QED) is 0.381. The van der Waals surface area contributed by atoms with E-state index >= 15 is 0 Å². The summed E-state index contributed by atoms with van der Waals surface area (Å²) in [6, 6.07) is 24.6. The van der Waals surface area contributed by atoms with Crippen LogP contribution in [0.15, 0.2) is 79.0 Å². The highest BCUT2D eigenvalue weighted by Crippen LogP contribution is 2.24. The van der Waals surface area contributed by atoms with Crippen LogP contribution in [0, 0.1) is 6.92 Å². The summed E-state index contributed by atoms with van der Waals surface area (Å²) in [5.41, 5.74) is 5.51. The van der Waals surface area contributed by atoms with E-state index in [4.69, 9.17) is 4.98 Å². The highest BCUT2D eigenvalue weighted by atomic mass is 16.1. The standard InChI is InChI=1S/C30H33N5O/c1-22-9-7-10-24(19-22)35-18-17-34(21-23(35)2)16-8-15-32-30(36)26-20-29(28-13-5-6-14-31-28)33-27-12-4-3-11-25(26)27/h3-7,9-14,19-20,23H,8,15-18,21H2,1-2H3,(H,32,36). The minimum absolute atomic E-state index is 0.0663. The fourth-order valence-electron chi connectivity index (χ4n) is 5.03. The highest BCUT2D eigenvalue weighted by molar-refractivity contribution is 6.07. The maximum Gasteiger partial charge on any atom is 0.252 e. The number of nitrogens with zero attached hydrogens (tertiary/aromatic N) is 4. The lowest BCUT2D eigenvalue weighted by atomic mass is 10.1. The molecule has 0 aliphatic carbocycles. The molecule has 1 atom stereocenters. The summed E-state index contributed by atoms with van der Waals surface area (Å²) in [6.45, 7) is 9.15. The Morgan fingerprint density at radius 3 is 2.67 bits per heavy atom. The molecule has 184 valence electrons. The SMILES string of the molecule is Cc1cccc(N2CCN(CCCNC(=O)c3cc(-c4ccccn4)nc4ccccc34)CC2C)c1. The van der Waals surface area contributed by atoms with Crippen molar-refractivity contribution in [3.8, 4) is 11.4 Å². The number of piperazine rings is 1. The third-order valence-electron chi connectivity index (χ3n) is 6.87. The second-order valence-electron chi connectivity index (χ2n) is 9.58. The Labute approximate surface area is 213 Å². The van der Waals surface area contributed by atoms with Gasteiger partial charge in [0.1, 0.15) is 0 Å². The number of para-hydroxylation sites is 1. The molecular weight excluding hydrogens is 446 g/mol. The van der Waals surface area contributed by atoms with Crippen LogP contribution in [-0.4, -0.2) is 59.5 Å². The lowest BCUT2D eigenvalue weighted by Gasteiger charge is -2.41. The molecule has 0 saturated carbocycles. The molecule has 6 heteroatoms. The first-order chi connectivity index (χ1) is 17.6. The minimum atomic E-state index is -0.0663. The molecule has 1 aliphatic rings. The van der Waals surface area contributed by atoms with Gasteiger partial charge in [-0.2, -0.15) is 0 Å². The number of hydrogen-bond donors (Lipinski definition) is 1. The van der Waals surface area contributed by atoms with Gasteiger partial charge in [-0.1, -0.05) is 36.4 Å². The van der Waals surface area contributed by atoms with Gasteiger partial charge >= 0.3 is 0 Å². The van der Waals surface area contributed by atoms with E-state index in [0.717, 1.165) is 49.2 Å². The van der Waals surface area contributed by atoms with Crippen molar-refractivity contribution in [1.82, 2.24) is 20.2 Å². The van der Waals surface area contributed by atoms with Crippen molar-refractivity contribution in [2.45, 2.75) is 26.3 Å². The van der Waals surface area contributed by atoms with Gasteiger partial charge in [0.15, 0.2) is 0 Å². The first kappa shape index (κ1) is 23.9. The highest BCUT2D eigenvalue weighted by Gasteiger charge is 2.23. The number of carbonyl (C=O) groups excluding carboxylic acids is 1. The molecule has 36 heavy (non-hydrogen) atoms. The summed E-state index contributed by atoms with van der Waals surface area (Å²) >= 11 is 0. The number of nitrogens with one attached hydrogen (secondary N) is 1. The van der Waals surface area contributed by atoms with Gasteiger partial charge in [0.05, 0.1) is 22.5 Å². The zero-order valence-electron chi connectivity index (χ0n) is 21.0. The van der Waals surface area contributed by atoms with Crippen LogP contribution >= 0.6 is 0 Å². The summed E-state index contributed by atoms with van der Waals surface area (Å²) in [4.78, 5) is 27.3. The summed E-state index contributed by atoms with van der Waals surface area (Å²) in [5, 5.41) is 3.99. The number of aromatic nitrogens is 2. The van der Waals surface area contributed by atoms with Gasteiger partial charge in [-0.3, -0.25) is 14.7 Å². The van der Waals surface area contributed by atoms with Crippen molar-refractivity contribution in [1.29, 1.82) is 0 Å². The predicted molar refractivity (Wildman–Crippen MR) is 146 cm³/mol. The van der Waals surface area contributed by atoms with Crippen LogP contribution in [0.1, 0.15) is 29.3 Å². The van der Waals surface area contributed by atoms with Crippen LogP contribution in [0.4, 0.5) is 5.69 Å². The molecule has 1 N–H and O–H groups in total. The number of anilines is 1. The summed E-state index contributed by atoms with van der Waals surface area (Å²) in [6.07, 6.45) is 2.66. The average Bonchev–Trinajstić information content (AvgIpc) is 2.91.